The molecule has 3 aromatic rings. The largest absolute Gasteiger partial charge is 0.486 e. The number of aromatic nitrogens is 1. The van der Waals surface area contributed by atoms with Crippen LogP contribution in [0.5, 0.6) is 11.5 Å². The van der Waals surface area contributed by atoms with Crippen LogP contribution in [-0.2, 0) is 4.79 Å². The van der Waals surface area contributed by atoms with Gasteiger partial charge in [-0.05, 0) is 43.3 Å². The number of amides is 1. The Morgan fingerprint density at radius 1 is 1.20 bits per heavy atom. The lowest BCUT2D eigenvalue weighted by Crippen LogP contribution is -2.44. The van der Waals surface area contributed by atoms with Crippen molar-refractivity contribution in [3.63, 3.8) is 0 Å². The second kappa shape index (κ2) is 9.21. The molecule has 0 unspecified atom stereocenters. The number of fused-ring (bicyclic) bond motifs is 1. The highest BCUT2D eigenvalue weighted by Gasteiger charge is 2.25. The Morgan fingerprint density at radius 2 is 1.97 bits per heavy atom. The Hall–Kier alpha value is -3.00. The van der Waals surface area contributed by atoms with E-state index in [4.69, 9.17) is 13.9 Å². The number of ether oxygens (including phenoxy) is 2. The summed E-state index contributed by atoms with van der Waals surface area (Å²) in [5.41, 5.74) is 0.729. The van der Waals surface area contributed by atoms with E-state index in [1.807, 2.05) is 31.2 Å². The van der Waals surface area contributed by atoms with E-state index in [9.17, 15) is 9.18 Å². The van der Waals surface area contributed by atoms with Gasteiger partial charge in [-0.1, -0.05) is 23.9 Å². The van der Waals surface area contributed by atoms with Crippen molar-refractivity contribution < 1.29 is 23.1 Å². The molecule has 1 aromatic heterocycles. The van der Waals surface area contributed by atoms with Crippen LogP contribution < -0.4 is 9.47 Å². The molecule has 2 aromatic carbocycles. The molecule has 0 radical (unpaired) electrons. The van der Waals surface area contributed by atoms with E-state index >= 15 is 0 Å². The van der Waals surface area contributed by atoms with Gasteiger partial charge in [-0.25, -0.2) is 9.37 Å². The SMILES string of the molecule is CCN(C[C@@H]1COc2ccccc2O1)C(=O)CSc1ncc(-c2ccc(F)cc2)o1. The molecule has 8 heteroatoms. The van der Waals surface area contributed by atoms with Crippen LogP contribution in [0.1, 0.15) is 6.92 Å². The van der Waals surface area contributed by atoms with Gasteiger partial charge in [0.25, 0.3) is 5.22 Å². The topological polar surface area (TPSA) is 64.8 Å². The van der Waals surface area contributed by atoms with Crippen LogP contribution in [0.25, 0.3) is 11.3 Å². The number of oxazole rings is 1. The summed E-state index contributed by atoms with van der Waals surface area (Å²) in [5.74, 6) is 1.80. The zero-order valence-corrected chi connectivity index (χ0v) is 17.2. The minimum absolute atomic E-state index is 0.0357. The van der Waals surface area contributed by atoms with E-state index in [1.54, 1.807) is 23.2 Å². The Bertz CT molecular complexity index is 1010. The van der Waals surface area contributed by atoms with E-state index in [-0.39, 0.29) is 23.6 Å². The third-order valence-electron chi connectivity index (χ3n) is 4.66. The molecule has 2 heterocycles. The van der Waals surface area contributed by atoms with E-state index in [1.165, 1.54) is 23.9 Å². The monoisotopic (exact) mass is 428 g/mol. The lowest BCUT2D eigenvalue weighted by atomic mass is 10.2. The summed E-state index contributed by atoms with van der Waals surface area (Å²) < 4.78 is 30.4. The van der Waals surface area contributed by atoms with Gasteiger partial charge < -0.3 is 18.8 Å². The van der Waals surface area contributed by atoms with Gasteiger partial charge in [-0.2, -0.15) is 0 Å². The molecule has 0 bridgehead atoms. The van der Waals surface area contributed by atoms with Gasteiger partial charge in [0.2, 0.25) is 5.91 Å². The fraction of sp³-hybridized carbons (Fsp3) is 0.273. The number of carbonyl (C=O) groups excluding carboxylic acids is 1. The Kier molecular flexibility index (Phi) is 6.23. The Labute approximate surface area is 178 Å². The summed E-state index contributed by atoms with van der Waals surface area (Å²) in [4.78, 5) is 18.6. The summed E-state index contributed by atoms with van der Waals surface area (Å²) in [7, 11) is 0. The molecule has 1 atom stereocenters. The first kappa shape index (κ1) is 20.3. The molecule has 0 N–H and O–H groups in total. The Balaban J connectivity index is 1.31. The number of carbonyl (C=O) groups is 1. The number of rotatable bonds is 7. The molecule has 0 aliphatic carbocycles. The minimum Gasteiger partial charge on any atom is -0.486 e. The Morgan fingerprint density at radius 3 is 2.73 bits per heavy atom. The first-order valence-electron chi connectivity index (χ1n) is 9.63. The molecular formula is C22H21FN2O4S. The zero-order chi connectivity index (χ0) is 20.9. The number of hydrogen-bond acceptors (Lipinski definition) is 6. The van der Waals surface area contributed by atoms with Crippen molar-refractivity contribution in [2.75, 3.05) is 25.4 Å². The average Bonchev–Trinajstić information content (AvgIpc) is 3.25. The quantitative estimate of drug-likeness (QED) is 0.524. The zero-order valence-electron chi connectivity index (χ0n) is 16.4. The van der Waals surface area contributed by atoms with Gasteiger partial charge in [0, 0.05) is 12.1 Å². The smallest absolute Gasteiger partial charge is 0.256 e. The van der Waals surface area contributed by atoms with Crippen molar-refractivity contribution in [2.45, 2.75) is 18.3 Å². The van der Waals surface area contributed by atoms with E-state index < -0.39 is 0 Å². The van der Waals surface area contributed by atoms with Gasteiger partial charge in [0.15, 0.2) is 23.4 Å². The van der Waals surface area contributed by atoms with Crippen LogP contribution in [0.4, 0.5) is 4.39 Å². The summed E-state index contributed by atoms with van der Waals surface area (Å²) in [5, 5.41) is 0.393. The minimum atomic E-state index is -0.311. The lowest BCUT2D eigenvalue weighted by Gasteiger charge is -2.30. The molecule has 1 amide bonds. The first-order chi connectivity index (χ1) is 14.6. The molecule has 0 saturated carbocycles. The highest BCUT2D eigenvalue weighted by molar-refractivity contribution is 7.99. The van der Waals surface area contributed by atoms with Crippen LogP contribution in [0, 0.1) is 5.82 Å². The summed E-state index contributed by atoms with van der Waals surface area (Å²) >= 11 is 1.23. The van der Waals surface area contributed by atoms with Gasteiger partial charge in [-0.3, -0.25) is 4.79 Å². The predicted molar refractivity (Wildman–Crippen MR) is 111 cm³/mol. The van der Waals surface area contributed by atoms with Crippen LogP contribution in [0.3, 0.4) is 0 Å². The van der Waals surface area contributed by atoms with Crippen LogP contribution in [0.2, 0.25) is 0 Å². The molecule has 4 rings (SSSR count). The van der Waals surface area contributed by atoms with Crippen molar-refractivity contribution in [1.29, 1.82) is 0 Å². The lowest BCUT2D eigenvalue weighted by molar-refractivity contribution is -0.129. The van der Waals surface area contributed by atoms with Crippen molar-refractivity contribution >= 4 is 17.7 Å². The van der Waals surface area contributed by atoms with Crippen molar-refractivity contribution in [2.24, 2.45) is 0 Å². The maximum Gasteiger partial charge on any atom is 0.256 e. The predicted octanol–water partition coefficient (Wildman–Crippen LogP) is 4.26. The van der Waals surface area contributed by atoms with Gasteiger partial charge in [-0.15, -0.1) is 0 Å². The van der Waals surface area contributed by atoms with E-state index in [0.717, 1.165) is 11.3 Å². The third kappa shape index (κ3) is 4.76. The maximum atomic E-state index is 13.1. The molecule has 1 aliphatic rings. The number of hydrogen-bond donors (Lipinski definition) is 0. The number of nitrogens with zero attached hydrogens (tertiary/aromatic N) is 2. The van der Waals surface area contributed by atoms with E-state index in [2.05, 4.69) is 4.98 Å². The fourth-order valence-corrected chi connectivity index (χ4v) is 3.80. The molecule has 0 fully saturated rings. The van der Waals surface area contributed by atoms with Crippen LogP contribution in [-0.4, -0.2) is 47.3 Å². The van der Waals surface area contributed by atoms with Crippen LogP contribution >= 0.6 is 11.8 Å². The molecule has 0 spiro atoms. The van der Waals surface area contributed by atoms with Crippen molar-refractivity contribution in [3.8, 4) is 22.8 Å². The van der Waals surface area contributed by atoms with E-state index in [0.29, 0.717) is 36.4 Å². The number of thioether (sulfide) groups is 1. The standard InChI is InChI=1S/C22H21FN2O4S/c1-2-25(12-17-13-27-18-5-3-4-6-19(18)28-17)21(26)14-30-22-24-11-20(29-22)15-7-9-16(23)10-8-15/h3-11,17H,2,12-14H2,1H3/t17-/m1/s1. The molecular weight excluding hydrogens is 407 g/mol. The van der Waals surface area contributed by atoms with Crippen molar-refractivity contribution in [1.82, 2.24) is 9.88 Å². The van der Waals surface area contributed by atoms with Crippen LogP contribution in [0.15, 0.2) is 64.4 Å². The van der Waals surface area contributed by atoms with Gasteiger partial charge in [0.05, 0.1) is 18.5 Å². The third-order valence-corrected chi connectivity index (χ3v) is 5.49. The molecule has 30 heavy (non-hydrogen) atoms. The molecule has 156 valence electrons. The molecule has 6 nitrogen and oxygen atoms in total. The summed E-state index contributed by atoms with van der Waals surface area (Å²) in [6.45, 7) is 3.33. The van der Waals surface area contributed by atoms with Gasteiger partial charge in [0.1, 0.15) is 12.4 Å². The molecule has 0 saturated heterocycles. The summed E-state index contributed by atoms with van der Waals surface area (Å²) in [6, 6.07) is 13.5. The van der Waals surface area contributed by atoms with Crippen molar-refractivity contribution in [3.05, 3.63) is 60.5 Å². The number of likely N-dealkylation sites (N-methyl/N-ethyl adjacent to an activating group) is 1. The molecule has 1 aliphatic heterocycles. The first-order valence-corrected chi connectivity index (χ1v) is 10.6. The second-order valence-corrected chi connectivity index (χ2v) is 7.64. The summed E-state index contributed by atoms with van der Waals surface area (Å²) in [6.07, 6.45) is 1.35. The second-order valence-electron chi connectivity index (χ2n) is 6.72. The number of para-hydroxylation sites is 2. The fourth-order valence-electron chi connectivity index (χ4n) is 3.09. The normalized spacial score (nSPS) is 15.1. The number of benzene rings is 2. The highest BCUT2D eigenvalue weighted by atomic mass is 32.2. The van der Waals surface area contributed by atoms with Gasteiger partial charge >= 0.3 is 0 Å². The average molecular weight is 428 g/mol. The number of halogens is 1. The highest BCUT2D eigenvalue weighted by Crippen LogP contribution is 2.31. The maximum absolute atomic E-state index is 13.1.